The third-order valence-electron chi connectivity index (χ3n) is 3.10. The van der Waals surface area contributed by atoms with Gasteiger partial charge in [-0.1, -0.05) is 30.1 Å². The van der Waals surface area contributed by atoms with E-state index >= 15 is 0 Å². The number of rotatable bonds is 6. The van der Waals surface area contributed by atoms with Gasteiger partial charge in [-0.05, 0) is 31.5 Å². The largest absolute Gasteiger partial charge is 0.481 e. The molecule has 118 valence electrons. The van der Waals surface area contributed by atoms with E-state index in [1.807, 2.05) is 13.8 Å². The van der Waals surface area contributed by atoms with E-state index in [-0.39, 0.29) is 6.42 Å². The van der Waals surface area contributed by atoms with Gasteiger partial charge in [0.25, 0.3) is 0 Å². The Hall–Kier alpha value is -1.72. The van der Waals surface area contributed by atoms with Crippen molar-refractivity contribution in [2.24, 2.45) is 0 Å². The fraction of sp³-hybridized carbons (Fsp3) is 0.333. The Morgan fingerprint density at radius 2 is 1.91 bits per heavy atom. The van der Waals surface area contributed by atoms with Crippen LogP contribution in [0, 0.1) is 0 Å². The van der Waals surface area contributed by atoms with Gasteiger partial charge in [-0.3, -0.25) is 4.79 Å². The second-order valence-electron chi connectivity index (χ2n) is 4.68. The molecule has 0 atom stereocenters. The van der Waals surface area contributed by atoms with Gasteiger partial charge >= 0.3 is 5.97 Å². The van der Waals surface area contributed by atoms with E-state index in [1.54, 1.807) is 22.9 Å². The summed E-state index contributed by atoms with van der Waals surface area (Å²) in [6.45, 7) is 4.41. The summed E-state index contributed by atoms with van der Waals surface area (Å²) in [5.74, 6) is 0.0936. The Kier molecular flexibility index (Phi) is 5.32. The van der Waals surface area contributed by atoms with Crippen LogP contribution in [-0.4, -0.2) is 20.9 Å². The Labute approximate surface area is 138 Å². The first-order chi connectivity index (χ1) is 10.4. The first-order valence-corrected chi connectivity index (χ1v) is 7.64. The maximum absolute atomic E-state index is 11.0. The molecule has 0 unspecified atom stereocenters. The summed E-state index contributed by atoms with van der Waals surface area (Å²) >= 11 is 11.9. The highest BCUT2D eigenvalue weighted by Crippen LogP contribution is 2.32. The van der Waals surface area contributed by atoms with Crippen LogP contribution in [0.4, 0.5) is 0 Å². The molecule has 5 nitrogen and oxygen atoms in total. The Balaban J connectivity index is 2.44. The standard InChI is InChI=1S/C15H16Cl2N2O3/c1-3-12-13(8-14(20)21)18-19(4-2)15(12)22-11-6-9(16)5-10(17)7-11/h5-7H,3-4,8H2,1-2H3,(H,20,21). The number of ether oxygens (including phenoxy) is 1. The third-order valence-corrected chi connectivity index (χ3v) is 3.54. The fourth-order valence-electron chi connectivity index (χ4n) is 2.20. The predicted octanol–water partition coefficient (Wildman–Crippen LogP) is 4.19. The molecule has 0 aliphatic rings. The molecular formula is C15H16Cl2N2O3. The lowest BCUT2D eigenvalue weighted by atomic mass is 10.1. The van der Waals surface area contributed by atoms with E-state index in [9.17, 15) is 4.79 Å². The number of nitrogens with zero attached hydrogens (tertiary/aromatic N) is 2. The molecule has 0 bridgehead atoms. The number of aryl methyl sites for hydroxylation is 1. The fourth-order valence-corrected chi connectivity index (χ4v) is 2.70. The smallest absolute Gasteiger partial charge is 0.309 e. The van der Waals surface area contributed by atoms with E-state index in [0.29, 0.717) is 40.3 Å². The Morgan fingerprint density at radius 1 is 1.27 bits per heavy atom. The summed E-state index contributed by atoms with van der Waals surface area (Å²) in [6.07, 6.45) is 0.481. The molecule has 0 aliphatic heterocycles. The van der Waals surface area contributed by atoms with Crippen LogP contribution in [-0.2, 0) is 24.2 Å². The second-order valence-corrected chi connectivity index (χ2v) is 5.55. The van der Waals surface area contributed by atoms with Gasteiger partial charge in [0.15, 0.2) is 0 Å². The quantitative estimate of drug-likeness (QED) is 0.854. The summed E-state index contributed by atoms with van der Waals surface area (Å²) in [4.78, 5) is 11.0. The summed E-state index contributed by atoms with van der Waals surface area (Å²) in [5.41, 5.74) is 1.29. The molecule has 0 radical (unpaired) electrons. The van der Waals surface area contributed by atoms with Crippen molar-refractivity contribution in [2.45, 2.75) is 33.2 Å². The average molecular weight is 343 g/mol. The number of carboxylic acid groups (broad SMARTS) is 1. The minimum absolute atomic E-state index is 0.136. The lowest BCUT2D eigenvalue weighted by molar-refractivity contribution is -0.136. The summed E-state index contributed by atoms with van der Waals surface area (Å²) in [7, 11) is 0. The first kappa shape index (κ1) is 16.6. The monoisotopic (exact) mass is 342 g/mol. The Bertz CT molecular complexity index is 678. The van der Waals surface area contributed by atoms with Crippen molar-refractivity contribution < 1.29 is 14.6 Å². The van der Waals surface area contributed by atoms with Crippen molar-refractivity contribution in [1.29, 1.82) is 0 Å². The van der Waals surface area contributed by atoms with Crippen LogP contribution >= 0.6 is 23.2 Å². The van der Waals surface area contributed by atoms with E-state index in [2.05, 4.69) is 5.10 Å². The maximum Gasteiger partial charge on any atom is 0.309 e. The number of hydrogen-bond donors (Lipinski definition) is 1. The summed E-state index contributed by atoms with van der Waals surface area (Å²) < 4.78 is 7.53. The first-order valence-electron chi connectivity index (χ1n) is 6.88. The highest BCUT2D eigenvalue weighted by Gasteiger charge is 2.20. The zero-order chi connectivity index (χ0) is 16.3. The van der Waals surface area contributed by atoms with Gasteiger partial charge in [0.05, 0.1) is 12.1 Å². The van der Waals surface area contributed by atoms with E-state index in [0.717, 1.165) is 5.56 Å². The van der Waals surface area contributed by atoms with Crippen LogP contribution in [0.5, 0.6) is 11.6 Å². The highest BCUT2D eigenvalue weighted by molar-refractivity contribution is 6.34. The topological polar surface area (TPSA) is 64.3 Å². The molecule has 0 saturated heterocycles. The van der Waals surface area contributed by atoms with E-state index in [1.165, 1.54) is 0 Å². The lowest BCUT2D eigenvalue weighted by Gasteiger charge is -2.10. The van der Waals surface area contributed by atoms with Crippen LogP contribution in [0.3, 0.4) is 0 Å². The molecule has 1 N–H and O–H groups in total. The molecule has 2 aromatic rings. The minimum Gasteiger partial charge on any atom is -0.481 e. The van der Waals surface area contributed by atoms with E-state index < -0.39 is 5.97 Å². The van der Waals surface area contributed by atoms with Gasteiger partial charge in [-0.2, -0.15) is 5.10 Å². The number of aliphatic carboxylic acids is 1. The average Bonchev–Trinajstić information content (AvgIpc) is 2.73. The van der Waals surface area contributed by atoms with Gasteiger partial charge in [-0.15, -0.1) is 0 Å². The number of hydrogen-bond acceptors (Lipinski definition) is 3. The van der Waals surface area contributed by atoms with Crippen LogP contribution in [0.2, 0.25) is 10.0 Å². The molecule has 2 rings (SSSR count). The van der Waals surface area contributed by atoms with Crippen LogP contribution in [0.15, 0.2) is 18.2 Å². The summed E-state index contributed by atoms with van der Waals surface area (Å²) in [6, 6.07) is 4.91. The molecule has 7 heteroatoms. The van der Waals surface area contributed by atoms with Gasteiger partial charge in [-0.25, -0.2) is 4.68 Å². The number of carboxylic acids is 1. The van der Waals surface area contributed by atoms with Crippen molar-refractivity contribution >= 4 is 29.2 Å². The maximum atomic E-state index is 11.0. The zero-order valence-electron chi connectivity index (χ0n) is 12.3. The third kappa shape index (κ3) is 3.72. The van der Waals surface area contributed by atoms with Crippen molar-refractivity contribution in [3.05, 3.63) is 39.5 Å². The number of benzene rings is 1. The van der Waals surface area contributed by atoms with Gasteiger partial charge in [0.1, 0.15) is 5.75 Å². The molecule has 0 spiro atoms. The molecule has 0 saturated carbocycles. The van der Waals surface area contributed by atoms with Gasteiger partial charge < -0.3 is 9.84 Å². The number of carbonyl (C=O) groups is 1. The molecule has 0 amide bonds. The van der Waals surface area contributed by atoms with Gasteiger partial charge in [0.2, 0.25) is 5.88 Å². The zero-order valence-corrected chi connectivity index (χ0v) is 13.8. The SMILES string of the molecule is CCc1c(CC(=O)O)nn(CC)c1Oc1cc(Cl)cc(Cl)c1. The van der Waals surface area contributed by atoms with Crippen molar-refractivity contribution in [3.8, 4) is 11.6 Å². The summed E-state index contributed by atoms with van der Waals surface area (Å²) in [5, 5.41) is 14.3. The van der Waals surface area contributed by atoms with Crippen molar-refractivity contribution in [2.75, 3.05) is 0 Å². The molecular weight excluding hydrogens is 327 g/mol. The van der Waals surface area contributed by atoms with Crippen molar-refractivity contribution in [3.63, 3.8) is 0 Å². The van der Waals surface area contributed by atoms with Crippen LogP contribution in [0.25, 0.3) is 0 Å². The molecule has 0 aliphatic carbocycles. The molecule has 0 fully saturated rings. The molecule has 22 heavy (non-hydrogen) atoms. The second kappa shape index (κ2) is 7.03. The van der Waals surface area contributed by atoms with E-state index in [4.69, 9.17) is 33.0 Å². The molecule has 1 heterocycles. The minimum atomic E-state index is -0.923. The normalized spacial score (nSPS) is 10.7. The van der Waals surface area contributed by atoms with Gasteiger partial charge in [0, 0.05) is 22.2 Å². The highest BCUT2D eigenvalue weighted by atomic mass is 35.5. The predicted molar refractivity (Wildman–Crippen MR) is 85.2 cm³/mol. The molecule has 1 aromatic heterocycles. The van der Waals surface area contributed by atoms with Crippen molar-refractivity contribution in [1.82, 2.24) is 9.78 Å². The Morgan fingerprint density at radius 3 is 2.41 bits per heavy atom. The molecule has 1 aromatic carbocycles. The lowest BCUT2D eigenvalue weighted by Crippen LogP contribution is -2.04. The number of aromatic nitrogens is 2. The van der Waals surface area contributed by atoms with Crippen LogP contribution < -0.4 is 4.74 Å². The van der Waals surface area contributed by atoms with Crippen LogP contribution in [0.1, 0.15) is 25.1 Å². The number of halogens is 2.